The second-order valence-corrected chi connectivity index (χ2v) is 11.7. The van der Waals surface area contributed by atoms with Crippen LogP contribution in [-0.4, -0.2) is 36.8 Å². The number of aromatic nitrogens is 1. The van der Waals surface area contributed by atoms with Crippen LogP contribution in [-0.2, 0) is 21.5 Å². The lowest BCUT2D eigenvalue weighted by Gasteiger charge is -2.40. The molecule has 0 amide bonds. The van der Waals surface area contributed by atoms with Gasteiger partial charge >= 0.3 is 5.97 Å². The van der Waals surface area contributed by atoms with Gasteiger partial charge in [-0.2, -0.15) is 0 Å². The fourth-order valence-electron chi connectivity index (χ4n) is 7.33. The third-order valence-corrected chi connectivity index (χ3v) is 9.40. The van der Waals surface area contributed by atoms with Gasteiger partial charge in [0.2, 0.25) is 0 Å². The number of carbonyl (C=O) groups is 1. The fraction of sp³-hybridized carbons (Fsp3) is 0.486. The van der Waals surface area contributed by atoms with Crippen LogP contribution in [0.3, 0.4) is 0 Å². The summed E-state index contributed by atoms with van der Waals surface area (Å²) in [6, 6.07) is 15.5. The lowest BCUT2D eigenvalue weighted by Crippen LogP contribution is -2.39. The Hall–Kier alpha value is -3.47. The molecule has 2 aliphatic rings. The van der Waals surface area contributed by atoms with Crippen LogP contribution in [0, 0.1) is 12.8 Å². The summed E-state index contributed by atoms with van der Waals surface area (Å²) in [5.74, 6) is 0.528. The van der Waals surface area contributed by atoms with Gasteiger partial charge in [0.05, 0.1) is 12.0 Å². The van der Waals surface area contributed by atoms with E-state index in [0.29, 0.717) is 13.2 Å². The standard InChI is InChI=1S/C37H48N2O3/c1-6-10-11-12-13-16-24-39-27(5)35(30-18-14-15-20-33(30)39)37(23-17-19-29-32(37)26-42-36(29)40)31-22-21-28(38(7-2)8-3)25-34(31)41-9-4/h14-15,17-23,25,32H,6-13,16,24,26H2,1-5H3. The molecule has 0 bridgehead atoms. The molecule has 42 heavy (non-hydrogen) atoms. The Labute approximate surface area is 252 Å². The highest BCUT2D eigenvalue weighted by atomic mass is 16.5. The maximum atomic E-state index is 13.0. The van der Waals surface area contributed by atoms with E-state index in [1.54, 1.807) is 0 Å². The normalized spacial score (nSPS) is 19.6. The first-order chi connectivity index (χ1) is 20.5. The number of carbonyl (C=O) groups excluding carboxylic acids is 1. The zero-order chi connectivity index (χ0) is 29.7. The minimum Gasteiger partial charge on any atom is -0.493 e. The average molecular weight is 569 g/mol. The fourth-order valence-corrected chi connectivity index (χ4v) is 7.33. The zero-order valence-corrected chi connectivity index (χ0v) is 26.2. The van der Waals surface area contributed by atoms with Crippen LogP contribution in [0.1, 0.15) is 83.0 Å². The quantitative estimate of drug-likeness (QED) is 0.144. The number of hydrogen-bond donors (Lipinski definition) is 0. The van der Waals surface area contributed by atoms with Crippen LogP contribution in [0.5, 0.6) is 5.75 Å². The first kappa shape index (κ1) is 30.0. The highest BCUT2D eigenvalue weighted by molar-refractivity contribution is 5.95. The summed E-state index contributed by atoms with van der Waals surface area (Å²) >= 11 is 0. The minimum absolute atomic E-state index is 0.138. The van der Waals surface area contributed by atoms with Gasteiger partial charge in [0.15, 0.2) is 0 Å². The highest BCUT2D eigenvalue weighted by Crippen LogP contribution is 2.54. The molecule has 2 atom stereocenters. The van der Waals surface area contributed by atoms with E-state index >= 15 is 0 Å². The molecule has 224 valence electrons. The Morgan fingerprint density at radius 1 is 1.00 bits per heavy atom. The van der Waals surface area contributed by atoms with Crippen molar-refractivity contribution in [3.05, 3.63) is 83.1 Å². The number of nitrogens with zero attached hydrogens (tertiary/aromatic N) is 2. The molecule has 0 N–H and O–H groups in total. The molecule has 5 nitrogen and oxygen atoms in total. The third-order valence-electron chi connectivity index (χ3n) is 9.40. The van der Waals surface area contributed by atoms with Gasteiger partial charge in [-0.25, -0.2) is 4.79 Å². The SMILES string of the molecule is CCCCCCCCn1c(C)c(C2(c3ccc(N(CC)CC)cc3OCC)C=CC=C3C(=O)OCC32)c2ccccc21. The smallest absolute Gasteiger partial charge is 0.334 e. The van der Waals surface area contributed by atoms with Crippen LogP contribution in [0.25, 0.3) is 10.9 Å². The monoisotopic (exact) mass is 568 g/mol. The number of ether oxygens (including phenoxy) is 2. The van der Waals surface area contributed by atoms with E-state index in [0.717, 1.165) is 48.6 Å². The Kier molecular flexibility index (Phi) is 9.45. The van der Waals surface area contributed by atoms with E-state index in [9.17, 15) is 4.79 Å². The molecular weight excluding hydrogens is 520 g/mol. The number of rotatable bonds is 14. The summed E-state index contributed by atoms with van der Waals surface area (Å²) in [4.78, 5) is 15.4. The summed E-state index contributed by atoms with van der Waals surface area (Å²) < 4.78 is 14.7. The largest absolute Gasteiger partial charge is 0.493 e. The van der Waals surface area contributed by atoms with Crippen molar-refractivity contribution < 1.29 is 14.3 Å². The number of cyclic esters (lactones) is 1. The number of unbranched alkanes of at least 4 members (excludes halogenated alkanes) is 5. The minimum atomic E-state index is -0.613. The Morgan fingerprint density at radius 3 is 2.52 bits per heavy atom. The Bertz CT molecular complexity index is 1460. The molecule has 1 aliphatic carbocycles. The molecule has 1 aliphatic heterocycles. The molecular formula is C37H48N2O3. The number of anilines is 1. The van der Waals surface area contributed by atoms with Crippen molar-refractivity contribution in [1.29, 1.82) is 0 Å². The van der Waals surface area contributed by atoms with Crippen LogP contribution in [0.4, 0.5) is 5.69 Å². The van der Waals surface area contributed by atoms with E-state index in [-0.39, 0.29) is 11.9 Å². The van der Waals surface area contributed by atoms with Gasteiger partial charge in [-0.3, -0.25) is 0 Å². The van der Waals surface area contributed by atoms with Gasteiger partial charge in [-0.15, -0.1) is 0 Å². The van der Waals surface area contributed by atoms with Crippen molar-refractivity contribution >= 4 is 22.6 Å². The molecule has 2 heterocycles. The molecule has 2 aromatic carbocycles. The molecule has 3 aromatic rings. The van der Waals surface area contributed by atoms with Gasteiger partial charge < -0.3 is 18.9 Å². The number of hydrogen-bond acceptors (Lipinski definition) is 4. The maximum Gasteiger partial charge on any atom is 0.334 e. The molecule has 2 unspecified atom stereocenters. The van der Waals surface area contributed by atoms with Gasteiger partial charge in [0.25, 0.3) is 0 Å². The first-order valence-corrected chi connectivity index (χ1v) is 16.2. The average Bonchev–Trinajstić information content (AvgIpc) is 3.53. The predicted molar refractivity (Wildman–Crippen MR) is 174 cm³/mol. The zero-order valence-electron chi connectivity index (χ0n) is 26.2. The first-order valence-electron chi connectivity index (χ1n) is 16.2. The summed E-state index contributed by atoms with van der Waals surface area (Å²) in [5, 5.41) is 1.24. The molecule has 0 saturated carbocycles. The summed E-state index contributed by atoms with van der Waals surface area (Å²) in [6.07, 6.45) is 13.9. The molecule has 1 aromatic heterocycles. The van der Waals surface area contributed by atoms with Crippen molar-refractivity contribution in [2.24, 2.45) is 5.92 Å². The summed E-state index contributed by atoms with van der Waals surface area (Å²) in [6.45, 7) is 14.7. The predicted octanol–water partition coefficient (Wildman–Crippen LogP) is 8.51. The van der Waals surface area contributed by atoms with Crippen molar-refractivity contribution in [3.63, 3.8) is 0 Å². The summed E-state index contributed by atoms with van der Waals surface area (Å²) in [5.41, 5.74) is 6.15. The lowest BCUT2D eigenvalue weighted by molar-refractivity contribution is -0.135. The Morgan fingerprint density at radius 2 is 1.76 bits per heavy atom. The lowest BCUT2D eigenvalue weighted by atomic mass is 9.61. The van der Waals surface area contributed by atoms with Crippen molar-refractivity contribution in [1.82, 2.24) is 4.57 Å². The molecule has 0 radical (unpaired) electrons. The van der Waals surface area contributed by atoms with Crippen molar-refractivity contribution in [3.8, 4) is 5.75 Å². The maximum absolute atomic E-state index is 13.0. The summed E-state index contributed by atoms with van der Waals surface area (Å²) in [7, 11) is 0. The second kappa shape index (κ2) is 13.2. The van der Waals surface area contributed by atoms with Crippen molar-refractivity contribution in [2.45, 2.75) is 85.1 Å². The van der Waals surface area contributed by atoms with E-state index in [1.165, 1.54) is 54.3 Å². The number of fused-ring (bicyclic) bond motifs is 2. The molecule has 1 fully saturated rings. The van der Waals surface area contributed by atoms with Gasteiger partial charge in [-0.05, 0) is 51.8 Å². The van der Waals surface area contributed by atoms with Gasteiger partial charge in [0.1, 0.15) is 12.4 Å². The molecule has 0 spiro atoms. The Balaban J connectivity index is 1.71. The van der Waals surface area contributed by atoms with Crippen LogP contribution < -0.4 is 9.64 Å². The number of para-hydroxylation sites is 1. The van der Waals surface area contributed by atoms with E-state index in [4.69, 9.17) is 9.47 Å². The van der Waals surface area contributed by atoms with Crippen LogP contribution in [0.2, 0.25) is 0 Å². The number of benzene rings is 2. The molecule has 5 rings (SSSR count). The van der Waals surface area contributed by atoms with E-state index in [1.807, 2.05) is 13.0 Å². The number of aryl methyl sites for hydroxylation is 1. The van der Waals surface area contributed by atoms with Crippen LogP contribution >= 0.6 is 0 Å². The molecule has 1 saturated heterocycles. The topological polar surface area (TPSA) is 43.7 Å². The van der Waals surface area contributed by atoms with Crippen LogP contribution in [0.15, 0.2) is 66.3 Å². The third kappa shape index (κ3) is 5.27. The number of allylic oxidation sites excluding steroid dienone is 3. The van der Waals surface area contributed by atoms with Crippen molar-refractivity contribution in [2.75, 3.05) is 31.2 Å². The highest BCUT2D eigenvalue weighted by Gasteiger charge is 2.52. The van der Waals surface area contributed by atoms with Gasteiger partial charge in [0, 0.05) is 65.0 Å². The molecule has 5 heteroatoms. The second-order valence-electron chi connectivity index (χ2n) is 11.7. The van der Waals surface area contributed by atoms with E-state index in [2.05, 4.69) is 91.8 Å². The van der Waals surface area contributed by atoms with Gasteiger partial charge in [-0.1, -0.05) is 81.5 Å². The van der Waals surface area contributed by atoms with E-state index < -0.39 is 5.41 Å². The number of esters is 1.